The lowest BCUT2D eigenvalue weighted by Crippen LogP contribution is -2.55. The van der Waals surface area contributed by atoms with Crippen LogP contribution in [0.15, 0.2) is 66.7 Å². The van der Waals surface area contributed by atoms with Crippen molar-refractivity contribution in [3.8, 4) is 5.75 Å². The van der Waals surface area contributed by atoms with Crippen molar-refractivity contribution in [2.24, 2.45) is 5.92 Å². The number of hydrogen-bond donors (Lipinski definition) is 3. The second-order valence-electron chi connectivity index (χ2n) is 9.41. The second kappa shape index (κ2) is 12.7. The zero-order chi connectivity index (χ0) is 28.6. The highest BCUT2D eigenvalue weighted by atomic mass is 16.7. The molecule has 1 heterocycles. The standard InChI is InChI=1S/C28H29N5O7/c1-17(2)27(30-25(35)16-39-24-13-7-9-18-8-3-4-10-19(18)24)28(38)29-21(14-26(36)37)23(34)15-40-33-22-12-6-5-11-20(22)31-32-33/h3-13,17,21,27H,14-16H2,1-2H3,(H,29,38)(H,30,35)(H,36,37)/t21-,27-/m0/s1. The first-order valence-electron chi connectivity index (χ1n) is 12.6. The highest BCUT2D eigenvalue weighted by Crippen LogP contribution is 2.25. The molecule has 40 heavy (non-hydrogen) atoms. The number of carboxylic acid groups (broad SMARTS) is 1. The monoisotopic (exact) mass is 547 g/mol. The minimum absolute atomic E-state index is 0.346. The smallest absolute Gasteiger partial charge is 0.305 e. The number of carbonyl (C=O) groups is 4. The average Bonchev–Trinajstić information content (AvgIpc) is 3.35. The van der Waals surface area contributed by atoms with Gasteiger partial charge in [-0.1, -0.05) is 67.2 Å². The van der Waals surface area contributed by atoms with E-state index in [-0.39, 0.29) is 12.5 Å². The number of aliphatic carboxylic acids is 1. The molecule has 0 fully saturated rings. The van der Waals surface area contributed by atoms with Crippen molar-refractivity contribution in [3.63, 3.8) is 0 Å². The maximum absolute atomic E-state index is 13.1. The van der Waals surface area contributed by atoms with Gasteiger partial charge >= 0.3 is 5.97 Å². The van der Waals surface area contributed by atoms with E-state index in [0.717, 1.165) is 15.6 Å². The van der Waals surface area contributed by atoms with E-state index in [9.17, 15) is 24.3 Å². The molecule has 0 aliphatic carbocycles. The van der Waals surface area contributed by atoms with E-state index in [1.807, 2.05) is 36.4 Å². The van der Waals surface area contributed by atoms with Crippen LogP contribution in [0.5, 0.6) is 5.75 Å². The Morgan fingerprint density at radius 1 is 0.925 bits per heavy atom. The number of Topliss-reactive ketones (excluding diaryl/α,β-unsaturated/α-hetero) is 1. The molecule has 12 nitrogen and oxygen atoms in total. The number of para-hydroxylation sites is 1. The largest absolute Gasteiger partial charge is 0.483 e. The summed E-state index contributed by atoms with van der Waals surface area (Å²) < 4.78 is 5.71. The third-order valence-electron chi connectivity index (χ3n) is 6.11. The van der Waals surface area contributed by atoms with E-state index in [4.69, 9.17) is 9.57 Å². The summed E-state index contributed by atoms with van der Waals surface area (Å²) in [5.74, 6) is -3.10. The van der Waals surface area contributed by atoms with Gasteiger partial charge in [0.2, 0.25) is 5.91 Å². The van der Waals surface area contributed by atoms with Gasteiger partial charge in [0.1, 0.15) is 28.9 Å². The molecule has 208 valence electrons. The summed E-state index contributed by atoms with van der Waals surface area (Å²) in [7, 11) is 0. The van der Waals surface area contributed by atoms with E-state index >= 15 is 0 Å². The van der Waals surface area contributed by atoms with Gasteiger partial charge in [0.05, 0.1) is 6.42 Å². The Kier molecular flexibility index (Phi) is 8.89. The molecule has 2 amide bonds. The minimum atomic E-state index is -1.40. The number of ketones is 1. The van der Waals surface area contributed by atoms with Gasteiger partial charge in [-0.25, -0.2) is 0 Å². The van der Waals surface area contributed by atoms with Crippen LogP contribution in [0.1, 0.15) is 20.3 Å². The van der Waals surface area contributed by atoms with E-state index in [0.29, 0.717) is 16.8 Å². The summed E-state index contributed by atoms with van der Waals surface area (Å²) in [6.45, 7) is 2.51. The van der Waals surface area contributed by atoms with Gasteiger partial charge in [-0.2, -0.15) is 0 Å². The maximum atomic E-state index is 13.1. The first-order valence-corrected chi connectivity index (χ1v) is 12.6. The number of rotatable bonds is 13. The van der Waals surface area contributed by atoms with Crippen molar-refractivity contribution in [3.05, 3.63) is 66.7 Å². The summed E-state index contributed by atoms with van der Waals surface area (Å²) in [4.78, 5) is 56.5. The molecule has 3 N–H and O–H groups in total. The van der Waals surface area contributed by atoms with Crippen molar-refractivity contribution in [1.82, 2.24) is 25.8 Å². The topological polar surface area (TPSA) is 162 Å². The number of nitrogens with zero attached hydrogens (tertiary/aromatic N) is 3. The lowest BCUT2D eigenvalue weighted by Gasteiger charge is -2.24. The highest BCUT2D eigenvalue weighted by Gasteiger charge is 2.30. The van der Waals surface area contributed by atoms with Crippen LogP contribution in [0.3, 0.4) is 0 Å². The number of aromatic nitrogens is 3. The number of fused-ring (bicyclic) bond motifs is 2. The molecule has 4 rings (SSSR count). The Morgan fingerprint density at radius 2 is 1.65 bits per heavy atom. The summed E-state index contributed by atoms with van der Waals surface area (Å²) in [6, 6.07) is 17.5. The van der Waals surface area contributed by atoms with E-state index < -0.39 is 48.7 Å². The van der Waals surface area contributed by atoms with Crippen LogP contribution in [0.4, 0.5) is 0 Å². The lowest BCUT2D eigenvalue weighted by molar-refractivity contribution is -0.141. The molecule has 12 heteroatoms. The van der Waals surface area contributed by atoms with Crippen LogP contribution in [0, 0.1) is 5.92 Å². The number of carboxylic acids is 1. The van der Waals surface area contributed by atoms with Crippen molar-refractivity contribution in [1.29, 1.82) is 0 Å². The van der Waals surface area contributed by atoms with E-state index in [1.165, 1.54) is 0 Å². The first kappa shape index (κ1) is 28.0. The molecule has 3 aromatic carbocycles. The normalized spacial score (nSPS) is 12.6. The Hall–Kier alpha value is -5.00. The van der Waals surface area contributed by atoms with Gasteiger partial charge in [0.15, 0.2) is 19.0 Å². The zero-order valence-electron chi connectivity index (χ0n) is 21.9. The summed E-state index contributed by atoms with van der Waals surface area (Å²) in [6.07, 6.45) is -0.672. The number of ether oxygens (including phenoxy) is 1. The van der Waals surface area contributed by atoms with Crippen LogP contribution in [0.2, 0.25) is 0 Å². The van der Waals surface area contributed by atoms with Gasteiger partial charge in [-0.3, -0.25) is 19.2 Å². The molecule has 0 radical (unpaired) electrons. The Bertz CT molecular complexity index is 1530. The first-order chi connectivity index (χ1) is 19.2. The number of hydrogen-bond acceptors (Lipinski definition) is 8. The van der Waals surface area contributed by atoms with Crippen LogP contribution < -0.4 is 20.2 Å². The Labute approximate surface area is 229 Å². The highest BCUT2D eigenvalue weighted by molar-refractivity contribution is 5.95. The van der Waals surface area contributed by atoms with Crippen LogP contribution in [-0.2, 0) is 19.2 Å². The molecule has 0 bridgehead atoms. The predicted octanol–water partition coefficient (Wildman–Crippen LogP) is 1.76. The molecule has 2 atom stereocenters. The SMILES string of the molecule is CC(C)[C@H](NC(=O)COc1cccc2ccccc12)C(=O)N[C@@H](CC(=O)O)C(=O)COn1nnc2ccccc21. The van der Waals surface area contributed by atoms with Gasteiger partial charge in [0, 0.05) is 5.39 Å². The minimum Gasteiger partial charge on any atom is -0.483 e. The second-order valence-corrected chi connectivity index (χ2v) is 9.41. The molecule has 0 unspecified atom stereocenters. The molecule has 1 aromatic heterocycles. The molecular formula is C28H29N5O7. The van der Waals surface area contributed by atoms with Crippen LogP contribution >= 0.6 is 0 Å². The number of amides is 2. The summed E-state index contributed by atoms with van der Waals surface area (Å²) in [5, 5.41) is 23.9. The van der Waals surface area contributed by atoms with Gasteiger partial charge in [0.25, 0.3) is 5.91 Å². The third kappa shape index (κ3) is 6.90. The fraction of sp³-hybridized carbons (Fsp3) is 0.286. The molecule has 0 saturated heterocycles. The van der Waals surface area contributed by atoms with Crippen molar-refractivity contribution >= 4 is 45.4 Å². The van der Waals surface area contributed by atoms with Crippen LogP contribution in [-0.4, -0.2) is 69.1 Å². The lowest BCUT2D eigenvalue weighted by atomic mass is 10.0. The molecule has 0 aliphatic rings. The fourth-order valence-electron chi connectivity index (χ4n) is 4.06. The maximum Gasteiger partial charge on any atom is 0.305 e. The summed E-state index contributed by atoms with van der Waals surface area (Å²) >= 11 is 0. The quantitative estimate of drug-likeness (QED) is 0.226. The van der Waals surface area contributed by atoms with Gasteiger partial charge < -0.3 is 25.3 Å². The van der Waals surface area contributed by atoms with Crippen molar-refractivity contribution in [2.45, 2.75) is 32.4 Å². The average molecular weight is 548 g/mol. The molecule has 4 aromatic rings. The Balaban J connectivity index is 1.37. The third-order valence-corrected chi connectivity index (χ3v) is 6.11. The van der Waals surface area contributed by atoms with E-state index in [1.54, 1.807) is 44.2 Å². The van der Waals surface area contributed by atoms with Gasteiger partial charge in [-0.15, -0.1) is 5.10 Å². The number of benzene rings is 3. The van der Waals surface area contributed by atoms with Crippen LogP contribution in [0.25, 0.3) is 21.8 Å². The number of nitrogens with one attached hydrogen (secondary N) is 2. The molecule has 0 saturated carbocycles. The van der Waals surface area contributed by atoms with Crippen molar-refractivity contribution < 1.29 is 33.9 Å². The number of carbonyl (C=O) groups excluding carboxylic acids is 3. The van der Waals surface area contributed by atoms with Gasteiger partial charge in [-0.05, 0) is 34.7 Å². The Morgan fingerprint density at radius 3 is 2.42 bits per heavy atom. The molecule has 0 aliphatic heterocycles. The summed E-state index contributed by atoms with van der Waals surface area (Å²) in [5.41, 5.74) is 1.06. The molecular weight excluding hydrogens is 518 g/mol. The fourth-order valence-corrected chi connectivity index (χ4v) is 4.06. The predicted molar refractivity (Wildman–Crippen MR) is 144 cm³/mol. The van der Waals surface area contributed by atoms with E-state index in [2.05, 4.69) is 20.9 Å². The van der Waals surface area contributed by atoms with Crippen molar-refractivity contribution in [2.75, 3.05) is 13.2 Å². The molecule has 0 spiro atoms. The zero-order valence-corrected chi connectivity index (χ0v) is 21.9.